The Hall–Kier alpha value is -0.550. The second-order valence-electron chi connectivity index (χ2n) is 5.81. The molecule has 0 heterocycles. The molecule has 2 saturated carbocycles. The number of hydrogen-bond acceptors (Lipinski definition) is 2. The number of rotatable bonds is 3. The molecule has 16 heavy (non-hydrogen) atoms. The number of nitriles is 1. The molecule has 0 aliphatic heterocycles. The van der Waals surface area contributed by atoms with Crippen LogP contribution in [-0.4, -0.2) is 10.7 Å². The Labute approximate surface area is 98.7 Å². The van der Waals surface area contributed by atoms with Crippen molar-refractivity contribution in [3.8, 4) is 6.07 Å². The smallest absolute Gasteiger partial charge is 0.0860 e. The van der Waals surface area contributed by atoms with E-state index in [4.69, 9.17) is 0 Å². The Bertz CT molecular complexity index is 280. The van der Waals surface area contributed by atoms with Gasteiger partial charge in [0.15, 0.2) is 0 Å². The number of aliphatic hydroxyl groups is 1. The van der Waals surface area contributed by atoms with Crippen molar-refractivity contribution in [1.29, 1.82) is 5.26 Å². The first-order valence-electron chi connectivity index (χ1n) is 6.79. The summed E-state index contributed by atoms with van der Waals surface area (Å²) in [6, 6.07) is 2.47. The predicted molar refractivity (Wildman–Crippen MR) is 63.7 cm³/mol. The van der Waals surface area contributed by atoms with Gasteiger partial charge in [-0.15, -0.1) is 0 Å². The van der Waals surface area contributed by atoms with E-state index in [1.807, 2.05) is 0 Å². The van der Waals surface area contributed by atoms with Crippen LogP contribution in [0.5, 0.6) is 0 Å². The molecule has 0 aromatic heterocycles. The molecule has 90 valence electrons. The quantitative estimate of drug-likeness (QED) is 0.793. The van der Waals surface area contributed by atoms with Crippen LogP contribution in [0.4, 0.5) is 0 Å². The van der Waals surface area contributed by atoms with E-state index in [0.29, 0.717) is 0 Å². The molecule has 0 saturated heterocycles. The monoisotopic (exact) mass is 221 g/mol. The normalized spacial score (nSPS) is 37.4. The molecular formula is C14H23NO. The first-order chi connectivity index (χ1) is 7.66. The lowest BCUT2D eigenvalue weighted by atomic mass is 9.55. The van der Waals surface area contributed by atoms with Gasteiger partial charge in [0.2, 0.25) is 0 Å². The van der Waals surface area contributed by atoms with Gasteiger partial charge in [0.25, 0.3) is 0 Å². The highest BCUT2D eigenvalue weighted by molar-refractivity contribution is 5.15. The van der Waals surface area contributed by atoms with Crippen molar-refractivity contribution in [3.63, 3.8) is 0 Å². The molecule has 0 aromatic carbocycles. The average molecular weight is 221 g/mol. The third-order valence-electron chi connectivity index (χ3n) is 4.94. The van der Waals surface area contributed by atoms with Crippen LogP contribution >= 0.6 is 0 Å². The lowest BCUT2D eigenvalue weighted by Gasteiger charge is -2.51. The topological polar surface area (TPSA) is 44.0 Å². The molecule has 0 spiro atoms. The Kier molecular flexibility index (Phi) is 3.26. The summed E-state index contributed by atoms with van der Waals surface area (Å²) in [6.45, 7) is 2.23. The summed E-state index contributed by atoms with van der Waals surface area (Å²) in [4.78, 5) is 0. The van der Waals surface area contributed by atoms with Gasteiger partial charge in [-0.2, -0.15) is 5.26 Å². The third kappa shape index (κ3) is 1.76. The van der Waals surface area contributed by atoms with Crippen molar-refractivity contribution in [2.24, 2.45) is 11.3 Å². The molecule has 2 nitrogen and oxygen atoms in total. The van der Waals surface area contributed by atoms with Gasteiger partial charge in [0, 0.05) is 0 Å². The van der Waals surface area contributed by atoms with Crippen LogP contribution in [0.15, 0.2) is 0 Å². The molecule has 1 N–H and O–H groups in total. The highest BCUT2D eigenvalue weighted by Gasteiger charge is 2.55. The van der Waals surface area contributed by atoms with Gasteiger partial charge in [-0.1, -0.05) is 19.8 Å². The number of hydrogen-bond donors (Lipinski definition) is 1. The third-order valence-corrected chi connectivity index (χ3v) is 4.94. The van der Waals surface area contributed by atoms with Crippen LogP contribution < -0.4 is 0 Å². The van der Waals surface area contributed by atoms with E-state index in [-0.39, 0.29) is 0 Å². The van der Waals surface area contributed by atoms with Crippen molar-refractivity contribution in [3.05, 3.63) is 0 Å². The minimum atomic E-state index is -0.640. The maximum Gasteiger partial charge on any atom is 0.0860 e. The highest BCUT2D eigenvalue weighted by atomic mass is 16.3. The summed E-state index contributed by atoms with van der Waals surface area (Å²) in [7, 11) is 0. The van der Waals surface area contributed by atoms with Crippen LogP contribution in [0.2, 0.25) is 0 Å². The van der Waals surface area contributed by atoms with Crippen molar-refractivity contribution in [2.75, 3.05) is 0 Å². The Morgan fingerprint density at radius 3 is 2.25 bits per heavy atom. The van der Waals surface area contributed by atoms with Gasteiger partial charge in [-0.3, -0.25) is 0 Å². The van der Waals surface area contributed by atoms with E-state index in [2.05, 4.69) is 13.0 Å². The van der Waals surface area contributed by atoms with E-state index in [0.717, 1.165) is 50.9 Å². The summed E-state index contributed by atoms with van der Waals surface area (Å²) in [5.74, 6) is 0.801. The summed E-state index contributed by atoms with van der Waals surface area (Å²) >= 11 is 0. The molecular weight excluding hydrogens is 198 g/mol. The fourth-order valence-electron chi connectivity index (χ4n) is 3.54. The SMILES string of the molecule is CCCC1CCC(C#N)(C2(O)CCC2)CC1. The van der Waals surface area contributed by atoms with Gasteiger partial charge in [0.05, 0.1) is 17.1 Å². The van der Waals surface area contributed by atoms with Crippen LogP contribution in [0.1, 0.15) is 64.7 Å². The van der Waals surface area contributed by atoms with Crippen molar-refractivity contribution in [2.45, 2.75) is 70.3 Å². The van der Waals surface area contributed by atoms with Crippen molar-refractivity contribution >= 4 is 0 Å². The van der Waals surface area contributed by atoms with Crippen LogP contribution in [0.3, 0.4) is 0 Å². The van der Waals surface area contributed by atoms with Crippen LogP contribution in [0, 0.1) is 22.7 Å². The van der Waals surface area contributed by atoms with Crippen molar-refractivity contribution < 1.29 is 5.11 Å². The van der Waals surface area contributed by atoms with E-state index >= 15 is 0 Å². The molecule has 0 aromatic rings. The standard InChI is InChI=1S/C14H23NO/c1-2-4-12-5-9-13(11-15,10-6-12)14(16)7-3-8-14/h12,16H,2-10H2,1H3. The molecule has 2 heteroatoms. The molecule has 0 bridgehead atoms. The lowest BCUT2D eigenvalue weighted by molar-refractivity contribution is -0.132. The van der Waals surface area contributed by atoms with Gasteiger partial charge in [-0.05, 0) is 50.9 Å². The first kappa shape index (κ1) is 11.9. The van der Waals surface area contributed by atoms with Crippen LogP contribution in [0.25, 0.3) is 0 Å². The van der Waals surface area contributed by atoms with Gasteiger partial charge < -0.3 is 5.11 Å². The molecule has 0 radical (unpaired) electrons. The average Bonchev–Trinajstić information content (AvgIpc) is 2.28. The maximum absolute atomic E-state index is 10.5. The summed E-state index contributed by atoms with van der Waals surface area (Å²) in [5.41, 5.74) is -1.05. The highest BCUT2D eigenvalue weighted by Crippen LogP contribution is 2.54. The van der Waals surface area contributed by atoms with E-state index in [9.17, 15) is 10.4 Å². The lowest BCUT2D eigenvalue weighted by Crippen LogP contribution is -2.54. The molecule has 2 fully saturated rings. The fraction of sp³-hybridized carbons (Fsp3) is 0.929. The molecule has 0 amide bonds. The minimum Gasteiger partial charge on any atom is -0.388 e. The summed E-state index contributed by atoms with van der Waals surface area (Å²) in [5, 5.41) is 19.9. The van der Waals surface area contributed by atoms with Crippen molar-refractivity contribution in [1.82, 2.24) is 0 Å². The molecule has 2 aliphatic rings. The van der Waals surface area contributed by atoms with Crippen LogP contribution in [-0.2, 0) is 0 Å². The minimum absolute atomic E-state index is 0.407. The molecule has 2 aliphatic carbocycles. The zero-order valence-electron chi connectivity index (χ0n) is 10.3. The zero-order valence-corrected chi connectivity index (χ0v) is 10.3. The maximum atomic E-state index is 10.5. The Morgan fingerprint density at radius 1 is 1.25 bits per heavy atom. The first-order valence-corrected chi connectivity index (χ1v) is 6.79. The van der Waals surface area contributed by atoms with Gasteiger partial charge >= 0.3 is 0 Å². The van der Waals surface area contributed by atoms with E-state index < -0.39 is 11.0 Å². The Morgan fingerprint density at radius 2 is 1.88 bits per heavy atom. The molecule has 0 atom stereocenters. The van der Waals surface area contributed by atoms with E-state index in [1.54, 1.807) is 0 Å². The summed E-state index contributed by atoms with van der Waals surface area (Å²) in [6.07, 6.45) is 9.45. The fourth-order valence-corrected chi connectivity index (χ4v) is 3.54. The second kappa shape index (κ2) is 4.37. The predicted octanol–water partition coefficient (Wildman–Crippen LogP) is 3.40. The van der Waals surface area contributed by atoms with Gasteiger partial charge in [0.1, 0.15) is 0 Å². The Balaban J connectivity index is 2.01. The molecule has 2 rings (SSSR count). The van der Waals surface area contributed by atoms with Gasteiger partial charge in [-0.25, -0.2) is 0 Å². The zero-order chi connectivity index (χ0) is 11.6. The second-order valence-corrected chi connectivity index (χ2v) is 5.81. The largest absolute Gasteiger partial charge is 0.388 e. The molecule has 0 unspecified atom stereocenters. The van der Waals surface area contributed by atoms with E-state index in [1.165, 1.54) is 12.8 Å². The number of nitrogens with zero attached hydrogens (tertiary/aromatic N) is 1. The summed E-state index contributed by atoms with van der Waals surface area (Å²) < 4.78 is 0.